The van der Waals surface area contributed by atoms with Gasteiger partial charge in [-0.2, -0.15) is 0 Å². The summed E-state index contributed by atoms with van der Waals surface area (Å²) in [4.78, 5) is 22.8. The Morgan fingerprint density at radius 3 is 2.67 bits per heavy atom. The molecule has 0 spiro atoms. The molecule has 5 heteroatoms. The first-order chi connectivity index (χ1) is 12.9. The lowest BCUT2D eigenvalue weighted by Gasteiger charge is -2.45. The Bertz CT molecular complexity index is 561. The van der Waals surface area contributed by atoms with Crippen LogP contribution in [-0.2, 0) is 9.59 Å². The number of carbonyl (C=O) groups excluding carboxylic acids is 1. The summed E-state index contributed by atoms with van der Waals surface area (Å²) in [5.74, 6) is -1.25. The quantitative estimate of drug-likeness (QED) is 0.377. The first-order valence-corrected chi connectivity index (χ1v) is 10.3. The molecular formula is C22H34O5. The smallest absolute Gasteiger partial charge is 0.303 e. The summed E-state index contributed by atoms with van der Waals surface area (Å²) in [5.41, 5.74) is -0.0155. The van der Waals surface area contributed by atoms with Gasteiger partial charge in [-0.05, 0) is 43.9 Å². The number of carboxylic acids is 1. The van der Waals surface area contributed by atoms with Crippen molar-refractivity contribution in [1.82, 2.24) is 0 Å². The lowest BCUT2D eigenvalue weighted by Crippen LogP contribution is -2.40. The van der Waals surface area contributed by atoms with Crippen LogP contribution < -0.4 is 0 Å². The fourth-order valence-electron chi connectivity index (χ4n) is 4.52. The highest BCUT2D eigenvalue weighted by molar-refractivity contribution is 5.84. The number of carbonyl (C=O) groups is 2. The van der Waals surface area contributed by atoms with Crippen LogP contribution in [0.2, 0.25) is 0 Å². The lowest BCUT2D eigenvalue weighted by atomic mass is 9.62. The molecule has 2 saturated carbocycles. The Kier molecular flexibility index (Phi) is 8.24. The minimum atomic E-state index is -0.798. The molecule has 0 radical (unpaired) electrons. The van der Waals surface area contributed by atoms with Crippen LogP contribution in [0.4, 0.5) is 0 Å². The number of rotatable bonds is 11. The fraction of sp³-hybridized carbons (Fsp3) is 0.727. The van der Waals surface area contributed by atoms with Crippen molar-refractivity contribution >= 4 is 11.8 Å². The van der Waals surface area contributed by atoms with Gasteiger partial charge in [0.15, 0.2) is 0 Å². The van der Waals surface area contributed by atoms with Crippen molar-refractivity contribution in [2.75, 3.05) is 0 Å². The molecule has 5 nitrogen and oxygen atoms in total. The Labute approximate surface area is 162 Å². The molecule has 2 aliphatic carbocycles. The van der Waals surface area contributed by atoms with Crippen LogP contribution in [-0.4, -0.2) is 39.3 Å². The molecule has 1 unspecified atom stereocenters. The average Bonchev–Trinajstić information content (AvgIpc) is 2.84. The van der Waals surface area contributed by atoms with Crippen molar-refractivity contribution in [3.8, 4) is 0 Å². The van der Waals surface area contributed by atoms with Crippen molar-refractivity contribution < 1.29 is 24.9 Å². The van der Waals surface area contributed by atoms with E-state index >= 15 is 0 Å². The predicted octanol–water partition coefficient (Wildman–Crippen LogP) is 3.64. The minimum absolute atomic E-state index is 0.0155. The molecule has 2 aliphatic rings. The molecule has 3 N–H and O–H groups in total. The third kappa shape index (κ3) is 5.76. The van der Waals surface area contributed by atoms with Crippen molar-refractivity contribution in [2.24, 2.45) is 17.3 Å². The van der Waals surface area contributed by atoms with Gasteiger partial charge in [0.25, 0.3) is 0 Å². The molecule has 0 aliphatic heterocycles. The van der Waals surface area contributed by atoms with Gasteiger partial charge in [-0.1, -0.05) is 44.1 Å². The molecule has 0 heterocycles. The first-order valence-electron chi connectivity index (χ1n) is 10.3. The average molecular weight is 379 g/mol. The molecular weight excluding hydrogens is 344 g/mol. The number of carboxylic acid groups (broad SMARTS) is 1. The second kappa shape index (κ2) is 10.2. The number of ketones is 1. The van der Waals surface area contributed by atoms with Gasteiger partial charge in [0.1, 0.15) is 5.78 Å². The monoisotopic (exact) mass is 378 g/mol. The van der Waals surface area contributed by atoms with Crippen molar-refractivity contribution in [2.45, 2.75) is 83.3 Å². The molecule has 2 rings (SSSR count). The molecule has 27 heavy (non-hydrogen) atoms. The molecule has 0 amide bonds. The van der Waals surface area contributed by atoms with Crippen LogP contribution in [0.15, 0.2) is 24.3 Å². The second-order valence-electron chi connectivity index (χ2n) is 8.21. The summed E-state index contributed by atoms with van der Waals surface area (Å²) < 4.78 is 0. The molecule has 0 aromatic rings. The third-order valence-corrected chi connectivity index (χ3v) is 6.29. The summed E-state index contributed by atoms with van der Waals surface area (Å²) in [7, 11) is 0. The van der Waals surface area contributed by atoms with Crippen LogP contribution in [0.3, 0.4) is 0 Å². The van der Waals surface area contributed by atoms with E-state index in [-0.39, 0.29) is 35.9 Å². The molecule has 0 aromatic heterocycles. The highest BCUT2D eigenvalue weighted by atomic mass is 16.4. The number of aliphatic hydroxyl groups is 2. The minimum Gasteiger partial charge on any atom is -0.481 e. The van der Waals surface area contributed by atoms with E-state index in [1.165, 1.54) is 0 Å². The number of hydrogen-bond donors (Lipinski definition) is 3. The van der Waals surface area contributed by atoms with Crippen LogP contribution in [0, 0.1) is 17.3 Å². The van der Waals surface area contributed by atoms with Crippen LogP contribution in [0.1, 0.15) is 71.1 Å². The van der Waals surface area contributed by atoms with Crippen molar-refractivity contribution in [3.05, 3.63) is 24.3 Å². The summed E-state index contributed by atoms with van der Waals surface area (Å²) in [5, 5.41) is 29.6. The Hall–Kier alpha value is -1.46. The zero-order chi connectivity index (χ0) is 19.9. The molecule has 0 saturated heterocycles. The maximum atomic E-state index is 12.2. The Balaban J connectivity index is 1.91. The van der Waals surface area contributed by atoms with Gasteiger partial charge in [-0.3, -0.25) is 9.59 Å². The predicted molar refractivity (Wildman–Crippen MR) is 104 cm³/mol. The van der Waals surface area contributed by atoms with Gasteiger partial charge in [-0.15, -0.1) is 0 Å². The first kappa shape index (κ1) is 21.8. The van der Waals surface area contributed by atoms with Crippen LogP contribution >= 0.6 is 0 Å². The summed E-state index contributed by atoms with van der Waals surface area (Å²) in [6.07, 6.45) is 13.7. The summed E-state index contributed by atoms with van der Waals surface area (Å²) in [6, 6.07) is 0. The van der Waals surface area contributed by atoms with E-state index < -0.39 is 18.2 Å². The zero-order valence-corrected chi connectivity index (χ0v) is 16.3. The highest BCUT2D eigenvalue weighted by Gasteiger charge is 2.43. The van der Waals surface area contributed by atoms with Crippen LogP contribution in [0.5, 0.6) is 0 Å². The lowest BCUT2D eigenvalue weighted by molar-refractivity contribution is -0.137. The highest BCUT2D eigenvalue weighted by Crippen LogP contribution is 2.48. The van der Waals surface area contributed by atoms with Crippen molar-refractivity contribution in [3.63, 3.8) is 0 Å². The van der Waals surface area contributed by atoms with E-state index in [0.29, 0.717) is 19.3 Å². The Morgan fingerprint density at radius 2 is 2.07 bits per heavy atom. The molecule has 0 aromatic carbocycles. The number of unbranched alkanes of at least 4 members (excludes halogenated alkanes) is 1. The molecule has 2 fully saturated rings. The van der Waals surface area contributed by atoms with Crippen LogP contribution in [0.25, 0.3) is 0 Å². The SMILES string of the molecule is CCCC1([C@H](O)/C=C/C2[C@H](O)CC(=O)[C@@H]2C/C=C\CCCC(=O)O)CCC1. The number of Topliss-reactive ketones (excluding diaryl/α,β-unsaturated/α-hetero) is 1. The van der Waals surface area contributed by atoms with Crippen molar-refractivity contribution in [1.29, 1.82) is 0 Å². The number of hydrogen-bond acceptors (Lipinski definition) is 4. The molecule has 4 atom stereocenters. The Morgan fingerprint density at radius 1 is 1.33 bits per heavy atom. The zero-order valence-electron chi connectivity index (χ0n) is 16.3. The topological polar surface area (TPSA) is 94.8 Å². The largest absolute Gasteiger partial charge is 0.481 e. The standard InChI is InChI=1S/C22H34O5/c1-2-12-22(13-7-14-22)20(25)11-10-17-16(18(23)15-19(17)24)8-5-3-4-6-9-21(26)27/h3,5,10-11,16-17,19-20,24-25H,2,4,6-9,12-15H2,1H3,(H,26,27)/b5-3-,11-10+/t16-,17?,19-,20-/m1/s1. The van der Waals surface area contributed by atoms with Gasteiger partial charge in [0.05, 0.1) is 12.2 Å². The molecule has 152 valence electrons. The van der Waals surface area contributed by atoms with Gasteiger partial charge in [-0.25, -0.2) is 0 Å². The summed E-state index contributed by atoms with van der Waals surface area (Å²) in [6.45, 7) is 2.13. The van der Waals surface area contributed by atoms with E-state index in [1.807, 2.05) is 24.3 Å². The van der Waals surface area contributed by atoms with E-state index in [0.717, 1.165) is 32.1 Å². The van der Waals surface area contributed by atoms with Gasteiger partial charge in [0, 0.05) is 24.7 Å². The van der Waals surface area contributed by atoms with E-state index in [1.54, 1.807) is 0 Å². The number of aliphatic carboxylic acids is 1. The molecule has 0 bridgehead atoms. The van der Waals surface area contributed by atoms with Gasteiger partial charge >= 0.3 is 5.97 Å². The third-order valence-electron chi connectivity index (χ3n) is 6.29. The van der Waals surface area contributed by atoms with Gasteiger partial charge < -0.3 is 15.3 Å². The van der Waals surface area contributed by atoms with E-state index in [2.05, 4.69) is 6.92 Å². The van der Waals surface area contributed by atoms with Gasteiger partial charge in [0.2, 0.25) is 0 Å². The van der Waals surface area contributed by atoms with E-state index in [4.69, 9.17) is 5.11 Å². The fourth-order valence-corrected chi connectivity index (χ4v) is 4.52. The maximum Gasteiger partial charge on any atom is 0.303 e. The number of aliphatic hydroxyl groups excluding tert-OH is 2. The maximum absolute atomic E-state index is 12.2. The second-order valence-corrected chi connectivity index (χ2v) is 8.21. The number of allylic oxidation sites excluding steroid dienone is 2. The normalized spacial score (nSPS) is 28.7. The summed E-state index contributed by atoms with van der Waals surface area (Å²) >= 11 is 0. The van der Waals surface area contributed by atoms with E-state index in [9.17, 15) is 19.8 Å².